The highest BCUT2D eigenvalue weighted by Gasteiger charge is 2.10. The summed E-state index contributed by atoms with van der Waals surface area (Å²) in [6.07, 6.45) is 0. The zero-order chi connectivity index (χ0) is 13.1. The van der Waals surface area contributed by atoms with Crippen LogP contribution in [0.25, 0.3) is 0 Å². The number of furan rings is 1. The van der Waals surface area contributed by atoms with E-state index in [9.17, 15) is 4.39 Å². The Labute approximate surface area is 109 Å². The van der Waals surface area contributed by atoms with E-state index in [2.05, 4.69) is 0 Å². The maximum absolute atomic E-state index is 13.5. The Hall–Kier alpha value is -1.52. The summed E-state index contributed by atoms with van der Waals surface area (Å²) in [5, 5.41) is 0.0331. The Morgan fingerprint density at radius 2 is 2.22 bits per heavy atom. The molecule has 2 aromatic rings. The van der Waals surface area contributed by atoms with Gasteiger partial charge < -0.3 is 14.9 Å². The lowest BCUT2D eigenvalue weighted by molar-refractivity contribution is 0.255. The smallest absolute Gasteiger partial charge is 0.183 e. The first kappa shape index (κ1) is 12.9. The van der Waals surface area contributed by atoms with Crippen LogP contribution in [0.3, 0.4) is 0 Å². The average molecular weight is 270 g/mol. The molecule has 1 aromatic carbocycles. The van der Waals surface area contributed by atoms with Crippen molar-refractivity contribution >= 4 is 11.6 Å². The normalized spacial score (nSPS) is 10.7. The summed E-state index contributed by atoms with van der Waals surface area (Å²) >= 11 is 5.65. The van der Waals surface area contributed by atoms with Crippen LogP contribution in [0.5, 0.6) is 5.75 Å². The third-order valence-corrected chi connectivity index (χ3v) is 2.84. The van der Waals surface area contributed by atoms with Gasteiger partial charge in [0.15, 0.2) is 11.6 Å². The summed E-state index contributed by atoms with van der Waals surface area (Å²) < 4.78 is 24.3. The number of halogens is 2. The van der Waals surface area contributed by atoms with Gasteiger partial charge in [0.2, 0.25) is 0 Å². The minimum atomic E-state index is -0.568. The van der Waals surface area contributed by atoms with Crippen LogP contribution in [0, 0.1) is 12.7 Å². The molecule has 2 N–H and O–H groups in total. The van der Waals surface area contributed by atoms with E-state index in [4.69, 9.17) is 26.5 Å². The average Bonchev–Trinajstić information content (AvgIpc) is 2.72. The van der Waals surface area contributed by atoms with Crippen LogP contribution in [0.1, 0.15) is 17.1 Å². The van der Waals surface area contributed by atoms with Crippen LogP contribution in [0.15, 0.2) is 28.7 Å². The first-order chi connectivity index (χ1) is 8.61. The molecule has 0 atom stereocenters. The minimum absolute atomic E-state index is 0.0331. The van der Waals surface area contributed by atoms with Gasteiger partial charge in [-0.15, -0.1) is 0 Å². The first-order valence-electron chi connectivity index (χ1n) is 5.47. The third kappa shape index (κ3) is 2.66. The fourth-order valence-corrected chi connectivity index (χ4v) is 1.77. The highest BCUT2D eigenvalue weighted by Crippen LogP contribution is 2.25. The fraction of sp³-hybridized carbons (Fsp3) is 0.231. The number of hydrogen-bond donors (Lipinski definition) is 1. The molecular formula is C13H13ClFNO2. The molecule has 0 saturated heterocycles. The van der Waals surface area contributed by atoms with E-state index in [1.54, 1.807) is 6.07 Å². The van der Waals surface area contributed by atoms with Crippen LogP contribution >= 0.6 is 11.6 Å². The highest BCUT2D eigenvalue weighted by atomic mass is 35.5. The number of aryl methyl sites for hydroxylation is 1. The van der Waals surface area contributed by atoms with Crippen molar-refractivity contribution in [2.24, 2.45) is 5.73 Å². The number of hydrogen-bond acceptors (Lipinski definition) is 3. The summed E-state index contributed by atoms with van der Waals surface area (Å²) in [5.74, 6) is 0.847. The fourth-order valence-electron chi connectivity index (χ4n) is 1.61. The Bertz CT molecular complexity index is 554. The molecule has 96 valence electrons. The van der Waals surface area contributed by atoms with Gasteiger partial charge in [0.25, 0.3) is 0 Å². The third-order valence-electron chi connectivity index (χ3n) is 2.54. The van der Waals surface area contributed by atoms with Crippen molar-refractivity contribution in [2.75, 3.05) is 0 Å². The van der Waals surface area contributed by atoms with Crippen molar-refractivity contribution in [3.05, 3.63) is 52.2 Å². The molecule has 3 nitrogen and oxygen atoms in total. The SMILES string of the molecule is Cc1cc(COc2cccc(Cl)c2F)oc1CN. The van der Waals surface area contributed by atoms with Crippen LogP contribution in [-0.4, -0.2) is 0 Å². The second-order valence-corrected chi connectivity index (χ2v) is 4.27. The van der Waals surface area contributed by atoms with Crippen LogP contribution in [0.4, 0.5) is 4.39 Å². The molecule has 0 fully saturated rings. The summed E-state index contributed by atoms with van der Waals surface area (Å²) in [6, 6.07) is 6.43. The monoisotopic (exact) mass is 269 g/mol. The maximum atomic E-state index is 13.5. The second kappa shape index (κ2) is 5.42. The van der Waals surface area contributed by atoms with Crippen molar-refractivity contribution < 1.29 is 13.5 Å². The molecular weight excluding hydrogens is 257 g/mol. The number of benzene rings is 1. The number of ether oxygens (including phenoxy) is 1. The van der Waals surface area contributed by atoms with Gasteiger partial charge in [0.1, 0.15) is 18.1 Å². The van der Waals surface area contributed by atoms with Crippen molar-refractivity contribution in [3.8, 4) is 5.75 Å². The molecule has 0 amide bonds. The van der Waals surface area contributed by atoms with E-state index in [-0.39, 0.29) is 17.4 Å². The zero-order valence-corrected chi connectivity index (χ0v) is 10.6. The number of rotatable bonds is 4. The molecule has 0 radical (unpaired) electrons. The predicted octanol–water partition coefficient (Wildman–Crippen LogP) is 3.42. The molecule has 0 bridgehead atoms. The van der Waals surface area contributed by atoms with Gasteiger partial charge >= 0.3 is 0 Å². The Morgan fingerprint density at radius 3 is 2.89 bits per heavy atom. The van der Waals surface area contributed by atoms with Crippen molar-refractivity contribution in [1.82, 2.24) is 0 Å². The van der Waals surface area contributed by atoms with Crippen LogP contribution in [-0.2, 0) is 13.2 Å². The molecule has 0 aliphatic heterocycles. The van der Waals surface area contributed by atoms with Crippen molar-refractivity contribution in [1.29, 1.82) is 0 Å². The molecule has 0 unspecified atom stereocenters. The lowest BCUT2D eigenvalue weighted by Gasteiger charge is -2.06. The minimum Gasteiger partial charge on any atom is -0.483 e. The van der Waals surface area contributed by atoms with Gasteiger partial charge in [-0.2, -0.15) is 0 Å². The Morgan fingerprint density at radius 1 is 1.44 bits per heavy atom. The molecule has 1 aromatic heterocycles. The molecule has 0 aliphatic carbocycles. The van der Waals surface area contributed by atoms with Crippen LogP contribution < -0.4 is 10.5 Å². The van der Waals surface area contributed by atoms with Crippen molar-refractivity contribution in [3.63, 3.8) is 0 Å². The standard InChI is InChI=1S/C13H13ClFNO2/c1-8-5-9(18-12(8)6-16)7-17-11-4-2-3-10(14)13(11)15/h2-5H,6-7,16H2,1H3. The molecule has 5 heteroatoms. The van der Waals surface area contributed by atoms with E-state index in [1.807, 2.05) is 13.0 Å². The maximum Gasteiger partial charge on any atom is 0.183 e. The second-order valence-electron chi connectivity index (χ2n) is 3.86. The molecule has 0 aliphatic rings. The molecule has 1 heterocycles. The Kier molecular flexibility index (Phi) is 3.89. The van der Waals surface area contributed by atoms with E-state index in [0.29, 0.717) is 18.1 Å². The molecule has 2 rings (SSSR count). The van der Waals surface area contributed by atoms with Gasteiger partial charge in [0, 0.05) is 0 Å². The van der Waals surface area contributed by atoms with E-state index in [1.165, 1.54) is 12.1 Å². The van der Waals surface area contributed by atoms with Gasteiger partial charge in [0.05, 0.1) is 11.6 Å². The van der Waals surface area contributed by atoms with Crippen molar-refractivity contribution in [2.45, 2.75) is 20.1 Å². The largest absolute Gasteiger partial charge is 0.483 e. The summed E-state index contributed by atoms with van der Waals surface area (Å²) in [4.78, 5) is 0. The summed E-state index contributed by atoms with van der Waals surface area (Å²) in [6.45, 7) is 2.37. The highest BCUT2D eigenvalue weighted by molar-refractivity contribution is 6.30. The molecule has 0 saturated carbocycles. The topological polar surface area (TPSA) is 48.4 Å². The molecule has 18 heavy (non-hydrogen) atoms. The van der Waals surface area contributed by atoms with Crippen LogP contribution in [0.2, 0.25) is 5.02 Å². The Balaban J connectivity index is 2.09. The summed E-state index contributed by atoms with van der Waals surface area (Å²) in [7, 11) is 0. The van der Waals surface area contributed by atoms with Gasteiger partial charge in [-0.3, -0.25) is 0 Å². The lowest BCUT2D eigenvalue weighted by Crippen LogP contribution is -1.97. The molecule has 0 spiro atoms. The van der Waals surface area contributed by atoms with E-state index >= 15 is 0 Å². The zero-order valence-electron chi connectivity index (χ0n) is 9.87. The lowest BCUT2D eigenvalue weighted by atomic mass is 10.2. The van der Waals surface area contributed by atoms with Gasteiger partial charge in [-0.05, 0) is 30.7 Å². The summed E-state index contributed by atoms with van der Waals surface area (Å²) in [5.41, 5.74) is 6.46. The quantitative estimate of drug-likeness (QED) is 0.925. The predicted molar refractivity (Wildman–Crippen MR) is 67.1 cm³/mol. The van der Waals surface area contributed by atoms with Gasteiger partial charge in [-0.25, -0.2) is 4.39 Å². The van der Waals surface area contributed by atoms with E-state index < -0.39 is 5.82 Å². The van der Waals surface area contributed by atoms with Gasteiger partial charge in [-0.1, -0.05) is 17.7 Å². The van der Waals surface area contributed by atoms with E-state index in [0.717, 1.165) is 5.56 Å². The number of nitrogens with two attached hydrogens (primary N) is 1. The first-order valence-corrected chi connectivity index (χ1v) is 5.84.